The van der Waals surface area contributed by atoms with Crippen molar-refractivity contribution < 1.29 is 40.0 Å². The van der Waals surface area contributed by atoms with Gasteiger partial charge in [-0.15, -0.1) is 0 Å². The van der Waals surface area contributed by atoms with Crippen molar-refractivity contribution >= 4 is 22.9 Å². The van der Waals surface area contributed by atoms with Gasteiger partial charge in [-0.2, -0.15) is 13.2 Å². The first-order valence-electron chi connectivity index (χ1n) is 9.96. The molecule has 0 radical (unpaired) electrons. The van der Waals surface area contributed by atoms with Gasteiger partial charge in [0.2, 0.25) is 5.82 Å². The van der Waals surface area contributed by atoms with Gasteiger partial charge >= 0.3 is 12.2 Å². The van der Waals surface area contributed by atoms with Crippen LogP contribution in [0.25, 0.3) is 0 Å². The molecule has 1 unspecified atom stereocenters. The number of nitrogens with one attached hydrogen (secondary N) is 2. The number of hydrogen-bond donors (Lipinski definition) is 2. The van der Waals surface area contributed by atoms with E-state index in [0.717, 1.165) is 30.8 Å². The zero-order valence-electron chi connectivity index (χ0n) is 17.9. The fraction of sp³-hybridized carbons (Fsp3) is 0.400. The summed E-state index contributed by atoms with van der Waals surface area (Å²) in [5, 5.41) is 4.90. The first kappa shape index (κ1) is 25.5. The van der Waals surface area contributed by atoms with Crippen LogP contribution in [0.2, 0.25) is 0 Å². The molecule has 1 aromatic carbocycles. The van der Waals surface area contributed by atoms with Crippen LogP contribution in [0.1, 0.15) is 27.1 Å². The molecule has 0 spiro atoms. The minimum absolute atomic E-state index is 0. The summed E-state index contributed by atoms with van der Waals surface area (Å²) in [6.07, 6.45) is -1.17. The number of carbonyl (C=O) groups is 2. The molecule has 1 aromatic heterocycles. The smallest absolute Gasteiger partial charge is 0.451 e. The molecule has 1 saturated heterocycles. The molecule has 10 nitrogen and oxygen atoms in total. The highest BCUT2D eigenvalue weighted by molar-refractivity contribution is 7.82. The van der Waals surface area contributed by atoms with Gasteiger partial charge in [-0.05, 0) is 36.5 Å². The topological polar surface area (TPSA) is 145 Å². The highest BCUT2D eigenvalue weighted by Gasteiger charge is 2.57. The van der Waals surface area contributed by atoms with Gasteiger partial charge in [0.15, 0.2) is 5.75 Å². The van der Waals surface area contributed by atoms with Crippen molar-refractivity contribution in [3.8, 4) is 11.5 Å². The van der Waals surface area contributed by atoms with Crippen LogP contribution >= 0.6 is 0 Å². The number of carbonyl (C=O) groups excluding carboxylic acids is 2. The SMILES string of the molecule is CN(Cc1ccc(Oc2cnc(C(F)(F)F)nc2)cc1)S(=O)C[C@@]1(C2CC2)NC(=O)NC1=O.O.[HH].[HH]. The quantitative estimate of drug-likeness (QED) is 0.525. The Morgan fingerprint density at radius 2 is 1.79 bits per heavy atom. The van der Waals surface area contributed by atoms with E-state index in [-0.39, 0.29) is 25.7 Å². The van der Waals surface area contributed by atoms with Crippen LogP contribution in [0.4, 0.5) is 18.0 Å². The molecule has 4 N–H and O–H groups in total. The molecule has 188 valence electrons. The highest BCUT2D eigenvalue weighted by Crippen LogP contribution is 2.42. The standard InChI is InChI=1S/C20H20F3N5O4S.H2O.2H2/c1-28(33(31)11-19(13-4-5-13)17(29)26-18(30)27-19)10-12-2-6-14(7-3-12)32-15-8-24-16(25-9-15)20(21,22)23;;;/h2-3,6-9,13H,4-5,10-11H2,1H3,(H2,26,27,29,30);1H2;2*1H/t19-,33?;;;/m0.../s1. The van der Waals surface area contributed by atoms with Crippen molar-refractivity contribution in [2.45, 2.75) is 31.1 Å². The lowest BCUT2D eigenvalue weighted by atomic mass is 9.96. The van der Waals surface area contributed by atoms with E-state index in [0.29, 0.717) is 12.3 Å². The van der Waals surface area contributed by atoms with Crippen molar-refractivity contribution in [1.82, 2.24) is 24.9 Å². The fourth-order valence-corrected chi connectivity index (χ4v) is 4.88. The highest BCUT2D eigenvalue weighted by atomic mass is 32.2. The number of imide groups is 1. The van der Waals surface area contributed by atoms with Gasteiger partial charge in [0, 0.05) is 16.4 Å². The van der Waals surface area contributed by atoms with E-state index in [9.17, 15) is 27.0 Å². The first-order chi connectivity index (χ1) is 15.6. The molecular formula is C20H26F3N5O5S. The second-order valence-electron chi connectivity index (χ2n) is 7.89. The lowest BCUT2D eigenvalue weighted by Gasteiger charge is -2.27. The Hall–Kier alpha value is -3.10. The molecule has 2 fully saturated rings. The molecule has 1 aliphatic heterocycles. The average Bonchev–Trinajstić information content (AvgIpc) is 3.56. The van der Waals surface area contributed by atoms with E-state index in [1.54, 1.807) is 35.6 Å². The van der Waals surface area contributed by atoms with Crippen LogP contribution in [-0.4, -0.2) is 54.2 Å². The van der Waals surface area contributed by atoms with E-state index in [1.807, 2.05) is 0 Å². The van der Waals surface area contributed by atoms with Crippen LogP contribution in [0.3, 0.4) is 0 Å². The average molecular weight is 506 g/mol. The fourth-order valence-electron chi connectivity index (χ4n) is 3.54. The molecule has 0 bridgehead atoms. The van der Waals surface area contributed by atoms with E-state index in [2.05, 4.69) is 20.6 Å². The Bertz CT molecular complexity index is 1090. The maximum absolute atomic E-state index is 12.9. The number of hydrogen-bond acceptors (Lipinski definition) is 6. The molecule has 34 heavy (non-hydrogen) atoms. The number of rotatable bonds is 8. The Labute approximate surface area is 197 Å². The van der Waals surface area contributed by atoms with Crippen LogP contribution in [-0.2, 0) is 28.5 Å². The summed E-state index contributed by atoms with van der Waals surface area (Å²) in [6.45, 7) is 0.298. The van der Waals surface area contributed by atoms with Gasteiger partial charge in [-0.1, -0.05) is 12.1 Å². The van der Waals surface area contributed by atoms with Gasteiger partial charge in [0.1, 0.15) is 11.3 Å². The minimum atomic E-state index is -4.63. The lowest BCUT2D eigenvalue weighted by Crippen LogP contribution is -2.54. The maximum Gasteiger partial charge on any atom is 0.451 e. The van der Waals surface area contributed by atoms with Crippen molar-refractivity contribution in [2.24, 2.45) is 5.92 Å². The summed E-state index contributed by atoms with van der Waals surface area (Å²) in [6, 6.07) is 6.09. The van der Waals surface area contributed by atoms with Gasteiger partial charge < -0.3 is 15.5 Å². The molecule has 4 rings (SSSR count). The summed E-state index contributed by atoms with van der Waals surface area (Å²) in [5.74, 6) is -1.31. The lowest BCUT2D eigenvalue weighted by molar-refractivity contribution is -0.145. The molecular weight excluding hydrogens is 479 g/mol. The Kier molecular flexibility index (Phi) is 7.24. The number of nitrogens with zero attached hydrogens (tertiary/aromatic N) is 3. The van der Waals surface area contributed by atoms with Crippen LogP contribution in [0, 0.1) is 5.92 Å². The molecule has 2 heterocycles. The van der Waals surface area contributed by atoms with Gasteiger partial charge in [0.05, 0.1) is 29.1 Å². The summed E-state index contributed by atoms with van der Waals surface area (Å²) in [7, 11) is 0.109. The van der Waals surface area contributed by atoms with E-state index >= 15 is 0 Å². The van der Waals surface area contributed by atoms with Crippen molar-refractivity contribution in [2.75, 3.05) is 12.8 Å². The molecule has 1 saturated carbocycles. The molecule has 1 aliphatic carbocycles. The van der Waals surface area contributed by atoms with Crippen LogP contribution in [0.15, 0.2) is 36.7 Å². The van der Waals surface area contributed by atoms with E-state index in [4.69, 9.17) is 4.74 Å². The number of urea groups is 1. The third-order valence-corrected chi connectivity index (χ3v) is 6.91. The number of benzene rings is 1. The molecule has 2 atom stereocenters. The van der Waals surface area contributed by atoms with Crippen LogP contribution < -0.4 is 15.4 Å². The zero-order chi connectivity index (χ0) is 23.8. The van der Waals surface area contributed by atoms with Gasteiger partial charge in [-0.3, -0.25) is 10.1 Å². The summed E-state index contributed by atoms with van der Waals surface area (Å²) in [4.78, 5) is 30.5. The van der Waals surface area contributed by atoms with Crippen molar-refractivity contribution in [1.29, 1.82) is 0 Å². The number of amides is 3. The monoisotopic (exact) mass is 505 g/mol. The largest absolute Gasteiger partial charge is 0.454 e. The summed E-state index contributed by atoms with van der Waals surface area (Å²) < 4.78 is 57.5. The minimum Gasteiger partial charge on any atom is -0.454 e. The van der Waals surface area contributed by atoms with Crippen LogP contribution in [0.5, 0.6) is 11.5 Å². The summed E-state index contributed by atoms with van der Waals surface area (Å²) in [5.41, 5.74) is -0.347. The number of aromatic nitrogens is 2. The third-order valence-electron chi connectivity index (χ3n) is 5.39. The Morgan fingerprint density at radius 1 is 1.18 bits per heavy atom. The molecule has 2 aromatic rings. The van der Waals surface area contributed by atoms with E-state index < -0.39 is 40.5 Å². The number of ether oxygens (including phenoxy) is 1. The second-order valence-corrected chi connectivity index (χ2v) is 9.45. The number of halogens is 3. The van der Waals surface area contributed by atoms with Gasteiger partial charge in [0.25, 0.3) is 5.91 Å². The van der Waals surface area contributed by atoms with Crippen molar-refractivity contribution in [3.63, 3.8) is 0 Å². The van der Waals surface area contributed by atoms with Crippen molar-refractivity contribution in [3.05, 3.63) is 48.0 Å². The molecule has 3 amide bonds. The molecule has 14 heteroatoms. The summed E-state index contributed by atoms with van der Waals surface area (Å²) >= 11 is 0. The normalized spacial score (nSPS) is 21.0. The van der Waals surface area contributed by atoms with E-state index in [1.165, 1.54) is 0 Å². The zero-order valence-corrected chi connectivity index (χ0v) is 18.7. The van der Waals surface area contributed by atoms with Gasteiger partial charge in [-0.25, -0.2) is 23.3 Å². The second kappa shape index (κ2) is 9.64. The predicted octanol–water partition coefficient (Wildman–Crippen LogP) is 2.04. The Morgan fingerprint density at radius 3 is 2.29 bits per heavy atom. The number of alkyl halides is 3. The predicted molar refractivity (Wildman–Crippen MR) is 118 cm³/mol. The first-order valence-corrected chi connectivity index (χ1v) is 11.2. The third kappa shape index (κ3) is 5.51. The Balaban J connectivity index is 0.00000216. The maximum atomic E-state index is 12.9. The molecule has 2 aliphatic rings.